The van der Waals surface area contributed by atoms with Gasteiger partial charge in [0, 0.05) is 18.3 Å². The van der Waals surface area contributed by atoms with Gasteiger partial charge in [0.25, 0.3) is 0 Å². The van der Waals surface area contributed by atoms with Crippen molar-refractivity contribution in [2.75, 3.05) is 12.8 Å². The molecule has 0 radical (unpaired) electrons. The zero-order valence-electron chi connectivity index (χ0n) is 11.2. The monoisotopic (exact) mass is 272 g/mol. The minimum atomic E-state index is -4.35. The van der Waals surface area contributed by atoms with Crippen molar-refractivity contribution in [2.24, 2.45) is 5.92 Å². The van der Waals surface area contributed by atoms with Gasteiger partial charge in [-0.3, -0.25) is 4.90 Å². The predicted molar refractivity (Wildman–Crippen MR) is 69.5 cm³/mol. The van der Waals surface area contributed by atoms with E-state index in [1.54, 1.807) is 0 Å². The van der Waals surface area contributed by atoms with Crippen LogP contribution in [0.3, 0.4) is 0 Å². The molecule has 2 rings (SSSR count). The van der Waals surface area contributed by atoms with E-state index in [9.17, 15) is 13.2 Å². The number of anilines is 1. The van der Waals surface area contributed by atoms with E-state index in [4.69, 9.17) is 5.73 Å². The summed E-state index contributed by atoms with van der Waals surface area (Å²) in [6.45, 7) is 2.37. The molecule has 2 nitrogen and oxygen atoms in total. The van der Waals surface area contributed by atoms with Gasteiger partial charge in [0.2, 0.25) is 0 Å². The minimum Gasteiger partial charge on any atom is -0.399 e. The highest BCUT2D eigenvalue weighted by atomic mass is 19.4. The Balaban J connectivity index is 2.19. The second-order valence-electron chi connectivity index (χ2n) is 5.41. The summed E-state index contributed by atoms with van der Waals surface area (Å²) in [7, 11) is 1.87. The van der Waals surface area contributed by atoms with Crippen LogP contribution < -0.4 is 5.73 Å². The van der Waals surface area contributed by atoms with E-state index in [0.29, 0.717) is 18.5 Å². The molecule has 0 saturated heterocycles. The lowest BCUT2D eigenvalue weighted by Gasteiger charge is -2.26. The Labute approximate surface area is 111 Å². The Hall–Kier alpha value is -1.23. The normalized spacial score (nSPS) is 17.8. The molecule has 1 saturated carbocycles. The van der Waals surface area contributed by atoms with Crippen LogP contribution in [0.25, 0.3) is 0 Å². The Morgan fingerprint density at radius 1 is 1.37 bits per heavy atom. The van der Waals surface area contributed by atoms with Gasteiger partial charge in [-0.2, -0.15) is 13.2 Å². The zero-order chi connectivity index (χ0) is 14.2. The number of nitrogens with zero attached hydrogens (tertiary/aromatic N) is 1. The van der Waals surface area contributed by atoms with E-state index in [1.165, 1.54) is 25.0 Å². The van der Waals surface area contributed by atoms with Gasteiger partial charge in [0.1, 0.15) is 0 Å². The molecule has 0 bridgehead atoms. The molecule has 19 heavy (non-hydrogen) atoms. The molecule has 0 aliphatic heterocycles. The van der Waals surface area contributed by atoms with Crippen LogP contribution in [0.15, 0.2) is 18.2 Å². The molecule has 106 valence electrons. The van der Waals surface area contributed by atoms with Crippen molar-refractivity contribution in [1.29, 1.82) is 0 Å². The van der Waals surface area contributed by atoms with Gasteiger partial charge >= 0.3 is 6.18 Å². The van der Waals surface area contributed by atoms with E-state index in [1.807, 2.05) is 11.9 Å². The first-order valence-electron chi connectivity index (χ1n) is 6.45. The molecule has 1 unspecified atom stereocenters. The standard InChI is InChI=1S/C14H19F3N2/c1-9(10-3-4-10)19(2)8-11-5-6-12(18)7-13(11)14(15,16)17/h5-7,9-10H,3-4,8,18H2,1-2H3. The molecule has 2 N–H and O–H groups in total. The highest BCUT2D eigenvalue weighted by Gasteiger charge is 2.35. The van der Waals surface area contributed by atoms with E-state index in [2.05, 4.69) is 6.92 Å². The van der Waals surface area contributed by atoms with Gasteiger partial charge in [0.05, 0.1) is 5.56 Å². The molecule has 0 spiro atoms. The first-order chi connectivity index (χ1) is 8.79. The van der Waals surface area contributed by atoms with Gasteiger partial charge < -0.3 is 5.73 Å². The molecule has 5 heteroatoms. The summed E-state index contributed by atoms with van der Waals surface area (Å²) in [6, 6.07) is 4.35. The summed E-state index contributed by atoms with van der Waals surface area (Å²) in [5.74, 6) is 0.633. The Morgan fingerprint density at radius 2 is 2.00 bits per heavy atom. The Bertz CT molecular complexity index is 452. The molecule has 0 aromatic heterocycles. The molecule has 0 heterocycles. The average Bonchev–Trinajstić information content (AvgIpc) is 3.13. The fourth-order valence-corrected chi connectivity index (χ4v) is 2.35. The summed E-state index contributed by atoms with van der Waals surface area (Å²) in [4.78, 5) is 1.98. The van der Waals surface area contributed by atoms with Gasteiger partial charge in [-0.25, -0.2) is 0 Å². The lowest BCUT2D eigenvalue weighted by atomic mass is 10.0. The van der Waals surface area contributed by atoms with Crippen LogP contribution in [-0.4, -0.2) is 18.0 Å². The molecule has 1 atom stereocenters. The maximum atomic E-state index is 13.0. The largest absolute Gasteiger partial charge is 0.416 e. The zero-order valence-corrected chi connectivity index (χ0v) is 11.2. The predicted octanol–water partition coefficient (Wildman–Crippen LogP) is 3.52. The number of alkyl halides is 3. The molecule has 1 fully saturated rings. The summed E-state index contributed by atoms with van der Waals surface area (Å²) in [5.41, 5.74) is 5.27. The lowest BCUT2D eigenvalue weighted by Crippen LogP contribution is -2.31. The van der Waals surface area contributed by atoms with Crippen molar-refractivity contribution in [2.45, 2.75) is 38.5 Å². The fourth-order valence-electron chi connectivity index (χ4n) is 2.35. The van der Waals surface area contributed by atoms with Crippen LogP contribution >= 0.6 is 0 Å². The van der Waals surface area contributed by atoms with Crippen molar-refractivity contribution >= 4 is 5.69 Å². The van der Waals surface area contributed by atoms with E-state index in [-0.39, 0.29) is 11.3 Å². The first kappa shape index (κ1) is 14.2. The topological polar surface area (TPSA) is 29.3 Å². The number of nitrogens with two attached hydrogens (primary N) is 1. The third-order valence-corrected chi connectivity index (χ3v) is 3.86. The third-order valence-electron chi connectivity index (χ3n) is 3.86. The molecule has 1 aromatic rings. The molecule has 1 aliphatic carbocycles. The van der Waals surface area contributed by atoms with E-state index < -0.39 is 11.7 Å². The van der Waals surface area contributed by atoms with Crippen LogP contribution in [0.4, 0.5) is 18.9 Å². The van der Waals surface area contributed by atoms with Crippen LogP contribution in [0, 0.1) is 5.92 Å². The van der Waals surface area contributed by atoms with Gasteiger partial charge in [-0.05, 0) is 50.4 Å². The molecular weight excluding hydrogens is 253 g/mol. The fraction of sp³-hybridized carbons (Fsp3) is 0.571. The Kier molecular flexibility index (Phi) is 3.76. The van der Waals surface area contributed by atoms with Gasteiger partial charge in [-0.15, -0.1) is 0 Å². The number of hydrogen-bond acceptors (Lipinski definition) is 2. The molecule has 1 aliphatic rings. The first-order valence-corrected chi connectivity index (χ1v) is 6.45. The third kappa shape index (κ3) is 3.41. The number of halogens is 3. The summed E-state index contributed by atoms with van der Waals surface area (Å²) in [6.07, 6.45) is -1.99. The van der Waals surface area contributed by atoms with Crippen LogP contribution in [0.2, 0.25) is 0 Å². The highest BCUT2D eigenvalue weighted by Crippen LogP contribution is 2.37. The summed E-state index contributed by atoms with van der Waals surface area (Å²) < 4.78 is 38.9. The van der Waals surface area contributed by atoms with Crippen LogP contribution in [-0.2, 0) is 12.7 Å². The number of benzene rings is 1. The average molecular weight is 272 g/mol. The number of rotatable bonds is 4. The Morgan fingerprint density at radius 3 is 2.53 bits per heavy atom. The van der Waals surface area contributed by atoms with Gasteiger partial charge in [-0.1, -0.05) is 6.07 Å². The van der Waals surface area contributed by atoms with Crippen molar-refractivity contribution in [3.8, 4) is 0 Å². The molecule has 1 aromatic carbocycles. The number of hydrogen-bond donors (Lipinski definition) is 1. The van der Waals surface area contributed by atoms with Crippen molar-refractivity contribution in [3.05, 3.63) is 29.3 Å². The van der Waals surface area contributed by atoms with Gasteiger partial charge in [0.15, 0.2) is 0 Å². The maximum absolute atomic E-state index is 13.0. The van der Waals surface area contributed by atoms with Crippen LogP contribution in [0.1, 0.15) is 30.9 Å². The molecular formula is C14H19F3N2. The molecule has 0 amide bonds. The quantitative estimate of drug-likeness (QED) is 0.850. The maximum Gasteiger partial charge on any atom is 0.416 e. The highest BCUT2D eigenvalue weighted by molar-refractivity contribution is 5.46. The second kappa shape index (κ2) is 5.04. The summed E-state index contributed by atoms with van der Waals surface area (Å²) >= 11 is 0. The van der Waals surface area contributed by atoms with Crippen molar-refractivity contribution in [3.63, 3.8) is 0 Å². The van der Waals surface area contributed by atoms with Crippen LogP contribution in [0.5, 0.6) is 0 Å². The van der Waals surface area contributed by atoms with E-state index >= 15 is 0 Å². The lowest BCUT2D eigenvalue weighted by molar-refractivity contribution is -0.138. The minimum absolute atomic E-state index is 0.147. The summed E-state index contributed by atoms with van der Waals surface area (Å²) in [5, 5.41) is 0. The second-order valence-corrected chi connectivity index (χ2v) is 5.41. The van der Waals surface area contributed by atoms with Crippen molar-refractivity contribution < 1.29 is 13.2 Å². The number of nitrogen functional groups attached to an aromatic ring is 1. The van der Waals surface area contributed by atoms with E-state index in [0.717, 1.165) is 6.07 Å². The smallest absolute Gasteiger partial charge is 0.399 e. The SMILES string of the molecule is CC(C1CC1)N(C)Cc1ccc(N)cc1C(F)(F)F. The van der Waals surface area contributed by atoms with Crippen molar-refractivity contribution in [1.82, 2.24) is 4.90 Å².